The average molecular weight is 485 g/mol. The smallest absolute Gasteiger partial charge is 0.340 e. The number of esters is 1. The zero-order valence-electron chi connectivity index (χ0n) is 17.0. The predicted octanol–water partition coefficient (Wildman–Crippen LogP) is 3.67. The van der Waals surface area contributed by atoms with E-state index in [0.717, 1.165) is 23.7 Å². The molecular weight excluding hydrogens is 463 g/mol. The van der Waals surface area contributed by atoms with Crippen molar-refractivity contribution in [3.8, 4) is 0 Å². The third kappa shape index (κ3) is 5.38. The third-order valence-corrected chi connectivity index (χ3v) is 6.93. The van der Waals surface area contributed by atoms with Crippen molar-refractivity contribution in [2.75, 3.05) is 24.6 Å². The van der Waals surface area contributed by atoms with Crippen LogP contribution in [0.25, 0.3) is 0 Å². The summed E-state index contributed by atoms with van der Waals surface area (Å²) in [4.78, 5) is 26.4. The number of anilines is 1. The second-order valence-electron chi connectivity index (χ2n) is 7.51. The second-order valence-corrected chi connectivity index (χ2v) is 10.1. The van der Waals surface area contributed by atoms with E-state index < -0.39 is 22.6 Å². The minimum atomic E-state index is -3.96. The van der Waals surface area contributed by atoms with Gasteiger partial charge in [0.25, 0.3) is 5.91 Å². The lowest BCUT2D eigenvalue weighted by molar-refractivity contribution is -0.121. The molecule has 0 aliphatic carbocycles. The SMILES string of the molecule is CC(C)CNS(=O)(=O)c1cc(C(=O)OCC(=O)N2CCc3ccccc32)c(Cl)cc1Cl. The molecule has 0 bridgehead atoms. The van der Waals surface area contributed by atoms with Crippen molar-refractivity contribution >= 4 is 50.8 Å². The van der Waals surface area contributed by atoms with Crippen LogP contribution >= 0.6 is 23.2 Å². The van der Waals surface area contributed by atoms with Gasteiger partial charge in [0.1, 0.15) is 4.90 Å². The quantitative estimate of drug-likeness (QED) is 0.605. The molecule has 31 heavy (non-hydrogen) atoms. The van der Waals surface area contributed by atoms with Crippen LogP contribution in [0, 0.1) is 5.92 Å². The van der Waals surface area contributed by atoms with E-state index in [2.05, 4.69) is 4.72 Å². The molecule has 1 aliphatic rings. The largest absolute Gasteiger partial charge is 0.452 e. The molecule has 0 aromatic heterocycles. The highest BCUT2D eigenvalue weighted by atomic mass is 35.5. The monoisotopic (exact) mass is 484 g/mol. The number of fused-ring (bicyclic) bond motifs is 1. The van der Waals surface area contributed by atoms with Crippen molar-refractivity contribution in [2.24, 2.45) is 5.92 Å². The number of carbonyl (C=O) groups excluding carboxylic acids is 2. The van der Waals surface area contributed by atoms with Gasteiger partial charge in [0.05, 0.1) is 15.6 Å². The Labute approximate surface area is 191 Å². The lowest BCUT2D eigenvalue weighted by Crippen LogP contribution is -2.33. The Bertz CT molecular complexity index is 1120. The van der Waals surface area contributed by atoms with Crippen LogP contribution < -0.4 is 9.62 Å². The summed E-state index contributed by atoms with van der Waals surface area (Å²) in [5.74, 6) is -1.22. The minimum absolute atomic E-state index is 0.0724. The van der Waals surface area contributed by atoms with E-state index in [1.54, 1.807) is 4.90 Å². The van der Waals surface area contributed by atoms with Gasteiger partial charge in [-0.3, -0.25) is 4.79 Å². The van der Waals surface area contributed by atoms with Crippen LogP contribution in [0.4, 0.5) is 5.69 Å². The van der Waals surface area contributed by atoms with Crippen LogP contribution in [-0.4, -0.2) is 40.0 Å². The average Bonchev–Trinajstić information content (AvgIpc) is 3.14. The molecule has 1 amide bonds. The fourth-order valence-corrected chi connectivity index (χ4v) is 5.19. The standard InChI is InChI=1S/C21H22Cl2N2O5S/c1-13(2)11-24-31(28,29)19-9-15(16(22)10-17(19)23)21(27)30-12-20(26)25-8-7-14-5-3-4-6-18(14)25/h3-6,9-10,13,24H,7-8,11-12H2,1-2H3. The van der Waals surface area contributed by atoms with Gasteiger partial charge in [-0.25, -0.2) is 17.9 Å². The zero-order chi connectivity index (χ0) is 22.8. The number of nitrogens with zero attached hydrogens (tertiary/aromatic N) is 1. The van der Waals surface area contributed by atoms with Crippen LogP contribution in [0.15, 0.2) is 41.3 Å². The molecular formula is C21H22Cl2N2O5S. The Morgan fingerprint density at radius 1 is 1.16 bits per heavy atom. The molecule has 1 heterocycles. The van der Waals surface area contributed by atoms with E-state index in [1.165, 1.54) is 6.07 Å². The number of hydrogen-bond acceptors (Lipinski definition) is 5. The van der Waals surface area contributed by atoms with Gasteiger partial charge in [0, 0.05) is 18.8 Å². The van der Waals surface area contributed by atoms with Gasteiger partial charge in [0.15, 0.2) is 6.61 Å². The topological polar surface area (TPSA) is 92.8 Å². The maximum Gasteiger partial charge on any atom is 0.340 e. The molecule has 166 valence electrons. The van der Waals surface area contributed by atoms with Gasteiger partial charge in [0.2, 0.25) is 10.0 Å². The number of sulfonamides is 1. The third-order valence-electron chi connectivity index (χ3n) is 4.73. The highest BCUT2D eigenvalue weighted by molar-refractivity contribution is 7.89. The Morgan fingerprint density at radius 2 is 1.87 bits per heavy atom. The van der Waals surface area contributed by atoms with E-state index in [-0.39, 0.29) is 38.9 Å². The van der Waals surface area contributed by atoms with Crippen LogP contribution in [0.1, 0.15) is 29.8 Å². The van der Waals surface area contributed by atoms with Gasteiger partial charge in [-0.05, 0) is 36.1 Å². The number of rotatable bonds is 7. The second kappa shape index (κ2) is 9.56. The van der Waals surface area contributed by atoms with Gasteiger partial charge >= 0.3 is 5.97 Å². The normalized spacial score (nSPS) is 13.4. The maximum absolute atomic E-state index is 12.6. The van der Waals surface area contributed by atoms with Crippen LogP contribution in [-0.2, 0) is 26.0 Å². The molecule has 1 aliphatic heterocycles. The summed E-state index contributed by atoms with van der Waals surface area (Å²) in [6, 6.07) is 9.74. The van der Waals surface area contributed by atoms with E-state index in [0.29, 0.717) is 6.54 Å². The Kier molecular flexibility index (Phi) is 7.26. The first-order valence-electron chi connectivity index (χ1n) is 9.64. The Morgan fingerprint density at radius 3 is 2.58 bits per heavy atom. The summed E-state index contributed by atoms with van der Waals surface area (Å²) in [5, 5.41) is -0.195. The first kappa shape index (κ1) is 23.5. The maximum atomic E-state index is 12.6. The fourth-order valence-electron chi connectivity index (χ4n) is 3.13. The summed E-state index contributed by atoms with van der Waals surface area (Å²) in [6.45, 7) is 3.91. The van der Waals surface area contributed by atoms with E-state index in [4.69, 9.17) is 27.9 Å². The molecule has 2 aromatic carbocycles. The van der Waals surface area contributed by atoms with Crippen LogP contribution in [0.2, 0.25) is 10.0 Å². The van der Waals surface area contributed by atoms with E-state index >= 15 is 0 Å². The summed E-state index contributed by atoms with van der Waals surface area (Å²) in [6.07, 6.45) is 0.726. The molecule has 0 saturated heterocycles. The number of hydrogen-bond donors (Lipinski definition) is 1. The highest BCUT2D eigenvalue weighted by Gasteiger charge is 2.27. The molecule has 0 radical (unpaired) electrons. The summed E-state index contributed by atoms with van der Waals surface area (Å²) in [7, 11) is -3.96. The Balaban J connectivity index is 1.74. The zero-order valence-corrected chi connectivity index (χ0v) is 19.4. The summed E-state index contributed by atoms with van der Waals surface area (Å²) >= 11 is 12.1. The number of carbonyl (C=O) groups is 2. The molecule has 2 aromatic rings. The van der Waals surface area contributed by atoms with Crippen molar-refractivity contribution in [2.45, 2.75) is 25.2 Å². The lowest BCUT2D eigenvalue weighted by atomic mass is 10.2. The summed E-state index contributed by atoms with van der Waals surface area (Å²) in [5.41, 5.74) is 1.65. The van der Waals surface area contributed by atoms with Gasteiger partial charge in [-0.15, -0.1) is 0 Å². The van der Waals surface area contributed by atoms with Crippen molar-refractivity contribution in [3.05, 3.63) is 57.6 Å². The number of benzene rings is 2. The number of para-hydroxylation sites is 1. The molecule has 7 nitrogen and oxygen atoms in total. The fraction of sp³-hybridized carbons (Fsp3) is 0.333. The summed E-state index contributed by atoms with van der Waals surface area (Å²) < 4.78 is 32.7. The minimum Gasteiger partial charge on any atom is -0.452 e. The van der Waals surface area contributed by atoms with Gasteiger partial charge < -0.3 is 9.64 Å². The molecule has 0 saturated carbocycles. The predicted molar refractivity (Wildman–Crippen MR) is 119 cm³/mol. The molecule has 0 unspecified atom stereocenters. The Hall–Kier alpha value is -2.13. The van der Waals surface area contributed by atoms with Crippen molar-refractivity contribution in [3.63, 3.8) is 0 Å². The molecule has 0 atom stereocenters. The molecule has 3 rings (SSSR count). The van der Waals surface area contributed by atoms with Crippen molar-refractivity contribution < 1.29 is 22.7 Å². The molecule has 0 spiro atoms. The lowest BCUT2D eigenvalue weighted by Gasteiger charge is -2.17. The molecule has 1 N–H and O–H groups in total. The van der Waals surface area contributed by atoms with Gasteiger partial charge in [-0.1, -0.05) is 55.2 Å². The van der Waals surface area contributed by atoms with Crippen LogP contribution in [0.5, 0.6) is 0 Å². The number of halogens is 2. The molecule has 10 heteroatoms. The highest BCUT2D eigenvalue weighted by Crippen LogP contribution is 2.30. The number of nitrogens with one attached hydrogen (secondary N) is 1. The first-order valence-corrected chi connectivity index (χ1v) is 11.9. The number of ether oxygens (including phenoxy) is 1. The van der Waals surface area contributed by atoms with Gasteiger partial charge in [-0.2, -0.15) is 0 Å². The van der Waals surface area contributed by atoms with E-state index in [1.807, 2.05) is 38.1 Å². The van der Waals surface area contributed by atoms with E-state index in [9.17, 15) is 18.0 Å². The molecule has 0 fully saturated rings. The number of amides is 1. The van der Waals surface area contributed by atoms with Crippen molar-refractivity contribution in [1.82, 2.24) is 4.72 Å². The van der Waals surface area contributed by atoms with Crippen molar-refractivity contribution in [1.29, 1.82) is 0 Å². The first-order chi connectivity index (χ1) is 14.6. The van der Waals surface area contributed by atoms with Crippen LogP contribution in [0.3, 0.4) is 0 Å².